The quantitative estimate of drug-likeness (QED) is 0.377. The lowest BCUT2D eigenvalue weighted by molar-refractivity contribution is 0.308. The van der Waals surface area contributed by atoms with Crippen LogP contribution < -0.4 is 10.6 Å². The summed E-state index contributed by atoms with van der Waals surface area (Å²) >= 11 is 0. The van der Waals surface area contributed by atoms with Gasteiger partial charge in [-0.1, -0.05) is 50.6 Å². The Morgan fingerprint density at radius 3 is 2.26 bits per heavy atom. The molecule has 0 aliphatic heterocycles. The van der Waals surface area contributed by atoms with Crippen molar-refractivity contribution in [3.8, 4) is 0 Å². The molecule has 0 heterocycles. The molecule has 0 amide bonds. The van der Waals surface area contributed by atoms with Gasteiger partial charge in [-0.25, -0.2) is 0 Å². The smallest absolute Gasteiger partial charge is 0.191 e. The van der Waals surface area contributed by atoms with Gasteiger partial charge in [-0.15, -0.1) is 24.0 Å². The highest BCUT2D eigenvalue weighted by Crippen LogP contribution is 2.14. The van der Waals surface area contributed by atoms with Gasteiger partial charge in [0.25, 0.3) is 0 Å². The van der Waals surface area contributed by atoms with Gasteiger partial charge in [0.15, 0.2) is 5.96 Å². The third kappa shape index (κ3) is 8.55. The molecule has 1 rings (SSSR count). The average molecular weight is 432 g/mol. The van der Waals surface area contributed by atoms with Crippen molar-refractivity contribution in [2.75, 3.05) is 39.8 Å². The summed E-state index contributed by atoms with van der Waals surface area (Å²) < 4.78 is 0. The second kappa shape index (κ2) is 12.6. The number of guanidine groups is 1. The maximum absolute atomic E-state index is 4.29. The Morgan fingerprint density at radius 1 is 1.13 bits per heavy atom. The molecule has 2 N–H and O–H groups in total. The predicted molar refractivity (Wildman–Crippen MR) is 112 cm³/mol. The highest BCUT2D eigenvalue weighted by atomic mass is 127. The Labute approximate surface area is 159 Å². The molecule has 0 aromatic heterocycles. The minimum Gasteiger partial charge on any atom is -0.356 e. The number of nitrogens with zero attached hydrogens (tertiary/aromatic N) is 2. The molecule has 0 aliphatic carbocycles. The topological polar surface area (TPSA) is 39.7 Å². The van der Waals surface area contributed by atoms with Crippen molar-refractivity contribution >= 4 is 29.9 Å². The Balaban J connectivity index is 0.00000484. The molecule has 0 saturated carbocycles. The second-order valence-electron chi connectivity index (χ2n) is 5.72. The second-order valence-corrected chi connectivity index (χ2v) is 5.72. The first-order valence-corrected chi connectivity index (χ1v) is 8.34. The van der Waals surface area contributed by atoms with Crippen molar-refractivity contribution < 1.29 is 0 Å². The lowest BCUT2D eigenvalue weighted by atomic mass is 10.0. The normalized spacial score (nSPS) is 12.7. The number of aliphatic imine (C=N–C) groups is 1. The van der Waals surface area contributed by atoms with Crippen LogP contribution in [0.15, 0.2) is 29.3 Å². The van der Waals surface area contributed by atoms with Gasteiger partial charge in [-0.05, 0) is 31.5 Å². The minimum atomic E-state index is 0. The zero-order valence-electron chi connectivity index (χ0n) is 15.2. The van der Waals surface area contributed by atoms with Gasteiger partial charge in [-0.3, -0.25) is 4.99 Å². The van der Waals surface area contributed by atoms with Gasteiger partial charge < -0.3 is 15.5 Å². The van der Waals surface area contributed by atoms with Crippen LogP contribution in [0.3, 0.4) is 0 Å². The summed E-state index contributed by atoms with van der Waals surface area (Å²) in [5.41, 5.74) is 2.66. The van der Waals surface area contributed by atoms with Crippen molar-refractivity contribution in [3.63, 3.8) is 0 Å². The largest absolute Gasteiger partial charge is 0.356 e. The van der Waals surface area contributed by atoms with Gasteiger partial charge in [-0.2, -0.15) is 0 Å². The number of aryl methyl sites for hydroxylation is 1. The molecule has 0 radical (unpaired) electrons. The number of halogens is 1. The van der Waals surface area contributed by atoms with Gasteiger partial charge in [0, 0.05) is 26.7 Å². The number of likely N-dealkylation sites (N-methyl/N-ethyl adjacent to an activating group) is 1. The van der Waals surface area contributed by atoms with E-state index in [2.05, 4.69) is 72.5 Å². The molecular weight excluding hydrogens is 399 g/mol. The fourth-order valence-electron chi connectivity index (χ4n) is 2.36. The molecule has 4 nitrogen and oxygen atoms in total. The average Bonchev–Trinajstić information content (AvgIpc) is 2.54. The molecule has 1 atom stereocenters. The lowest BCUT2D eigenvalue weighted by Crippen LogP contribution is -2.42. The number of rotatable bonds is 8. The van der Waals surface area contributed by atoms with Crippen molar-refractivity contribution in [3.05, 3.63) is 35.4 Å². The summed E-state index contributed by atoms with van der Waals surface area (Å²) in [6, 6.07) is 8.75. The van der Waals surface area contributed by atoms with E-state index in [0.29, 0.717) is 5.92 Å². The summed E-state index contributed by atoms with van der Waals surface area (Å²) in [6.45, 7) is 13.8. The summed E-state index contributed by atoms with van der Waals surface area (Å²) in [6.07, 6.45) is 0. The number of benzene rings is 1. The van der Waals surface area contributed by atoms with Crippen LogP contribution in [0.4, 0.5) is 0 Å². The first-order chi connectivity index (χ1) is 10.6. The Bertz CT molecular complexity index is 441. The van der Waals surface area contributed by atoms with E-state index in [9.17, 15) is 0 Å². The van der Waals surface area contributed by atoms with Gasteiger partial charge in [0.2, 0.25) is 0 Å². The molecule has 1 aromatic rings. The molecular formula is C18H33IN4. The van der Waals surface area contributed by atoms with Crippen LogP contribution in [0.5, 0.6) is 0 Å². The summed E-state index contributed by atoms with van der Waals surface area (Å²) in [7, 11) is 1.82. The summed E-state index contributed by atoms with van der Waals surface area (Å²) in [5, 5.41) is 6.79. The van der Waals surface area contributed by atoms with Crippen LogP contribution >= 0.6 is 24.0 Å². The molecule has 0 fully saturated rings. The van der Waals surface area contributed by atoms with E-state index in [4.69, 9.17) is 0 Å². The molecule has 0 bridgehead atoms. The molecule has 1 aromatic carbocycles. The monoisotopic (exact) mass is 432 g/mol. The van der Waals surface area contributed by atoms with E-state index in [-0.39, 0.29) is 24.0 Å². The van der Waals surface area contributed by atoms with Crippen LogP contribution in [0.2, 0.25) is 0 Å². The van der Waals surface area contributed by atoms with E-state index >= 15 is 0 Å². The van der Waals surface area contributed by atoms with E-state index in [1.54, 1.807) is 0 Å². The van der Waals surface area contributed by atoms with Gasteiger partial charge in [0.05, 0.1) is 0 Å². The Kier molecular flexibility index (Phi) is 12.1. The van der Waals surface area contributed by atoms with Crippen LogP contribution in [-0.4, -0.2) is 50.6 Å². The Morgan fingerprint density at radius 2 is 1.74 bits per heavy atom. The molecule has 132 valence electrons. The number of nitrogens with one attached hydrogen (secondary N) is 2. The summed E-state index contributed by atoms with van der Waals surface area (Å²) in [5.74, 6) is 1.34. The maximum Gasteiger partial charge on any atom is 0.191 e. The van der Waals surface area contributed by atoms with E-state index < -0.39 is 0 Å². The molecule has 0 spiro atoms. The van der Waals surface area contributed by atoms with Crippen molar-refractivity contribution in [2.24, 2.45) is 4.99 Å². The Hall–Kier alpha value is -0.820. The highest BCUT2D eigenvalue weighted by Gasteiger charge is 2.06. The SMILES string of the molecule is CCN(CC)CCNC(=NC)NCC(C)c1ccc(C)cc1.I. The van der Waals surface area contributed by atoms with Crippen LogP contribution in [0.1, 0.15) is 37.8 Å². The van der Waals surface area contributed by atoms with Crippen LogP contribution in [0.25, 0.3) is 0 Å². The van der Waals surface area contributed by atoms with Gasteiger partial charge >= 0.3 is 0 Å². The van der Waals surface area contributed by atoms with Crippen molar-refractivity contribution in [2.45, 2.75) is 33.6 Å². The number of hydrogen-bond acceptors (Lipinski definition) is 2. The van der Waals surface area contributed by atoms with Gasteiger partial charge in [0.1, 0.15) is 0 Å². The first kappa shape index (κ1) is 22.2. The predicted octanol–water partition coefficient (Wildman–Crippen LogP) is 3.22. The zero-order chi connectivity index (χ0) is 16.4. The highest BCUT2D eigenvalue weighted by molar-refractivity contribution is 14.0. The first-order valence-electron chi connectivity index (χ1n) is 8.34. The minimum absolute atomic E-state index is 0. The van der Waals surface area contributed by atoms with Crippen molar-refractivity contribution in [1.82, 2.24) is 15.5 Å². The lowest BCUT2D eigenvalue weighted by Gasteiger charge is -2.20. The third-order valence-electron chi connectivity index (χ3n) is 4.06. The van der Waals surface area contributed by atoms with Crippen molar-refractivity contribution in [1.29, 1.82) is 0 Å². The molecule has 5 heteroatoms. The zero-order valence-corrected chi connectivity index (χ0v) is 17.6. The van der Waals surface area contributed by atoms with E-state index in [0.717, 1.165) is 38.7 Å². The summed E-state index contributed by atoms with van der Waals surface area (Å²) in [4.78, 5) is 6.69. The fourth-order valence-corrected chi connectivity index (χ4v) is 2.36. The van der Waals surface area contributed by atoms with Crippen LogP contribution in [0, 0.1) is 6.92 Å². The standard InChI is InChI=1S/C18H32N4.HI/c1-6-22(7-2)13-12-20-18(19-5)21-14-16(4)17-10-8-15(3)9-11-17;/h8-11,16H,6-7,12-14H2,1-5H3,(H2,19,20,21);1H. The fraction of sp³-hybridized carbons (Fsp3) is 0.611. The van der Waals surface area contributed by atoms with E-state index in [1.165, 1.54) is 11.1 Å². The van der Waals surface area contributed by atoms with Crippen LogP contribution in [-0.2, 0) is 0 Å². The number of hydrogen-bond donors (Lipinski definition) is 2. The molecule has 23 heavy (non-hydrogen) atoms. The molecule has 0 aliphatic rings. The molecule has 1 unspecified atom stereocenters. The maximum atomic E-state index is 4.29. The van der Waals surface area contributed by atoms with E-state index in [1.807, 2.05) is 7.05 Å². The third-order valence-corrected chi connectivity index (χ3v) is 4.06. The molecule has 0 saturated heterocycles.